The van der Waals surface area contributed by atoms with Gasteiger partial charge in [0, 0.05) is 38.4 Å². The highest BCUT2D eigenvalue weighted by Gasteiger charge is 2.24. The molecule has 164 valence electrons. The average molecular weight is 435 g/mol. The molecule has 0 aliphatic carbocycles. The van der Waals surface area contributed by atoms with E-state index in [0.29, 0.717) is 22.7 Å². The van der Waals surface area contributed by atoms with Crippen LogP contribution in [-0.4, -0.2) is 37.2 Å². The van der Waals surface area contributed by atoms with Crippen molar-refractivity contribution in [3.05, 3.63) is 66.2 Å². The van der Waals surface area contributed by atoms with Crippen LogP contribution in [0.15, 0.2) is 60.7 Å². The number of nitrogens with zero attached hydrogens (tertiary/aromatic N) is 5. The van der Waals surface area contributed by atoms with E-state index in [1.54, 1.807) is 0 Å². The Bertz CT molecular complexity index is 1350. The SMILES string of the molecule is CN(C)c1ccc(-c2cc(-c3ccccc3)nc3c(C#N)c(N4CCCC4)nc(N)c23)cc1. The summed E-state index contributed by atoms with van der Waals surface area (Å²) in [4.78, 5) is 13.9. The van der Waals surface area contributed by atoms with E-state index in [4.69, 9.17) is 15.7 Å². The molecule has 2 aromatic heterocycles. The highest BCUT2D eigenvalue weighted by Crippen LogP contribution is 2.39. The fourth-order valence-corrected chi connectivity index (χ4v) is 4.50. The number of hydrogen-bond acceptors (Lipinski definition) is 6. The normalized spacial score (nSPS) is 13.3. The molecule has 1 saturated heterocycles. The molecule has 6 nitrogen and oxygen atoms in total. The molecule has 33 heavy (non-hydrogen) atoms. The molecule has 4 aromatic rings. The smallest absolute Gasteiger partial charge is 0.151 e. The lowest BCUT2D eigenvalue weighted by Crippen LogP contribution is -2.21. The van der Waals surface area contributed by atoms with Crippen LogP contribution in [-0.2, 0) is 0 Å². The molecule has 0 saturated carbocycles. The summed E-state index contributed by atoms with van der Waals surface area (Å²) >= 11 is 0. The molecule has 0 radical (unpaired) electrons. The van der Waals surface area contributed by atoms with Crippen LogP contribution in [0.1, 0.15) is 18.4 Å². The van der Waals surface area contributed by atoms with Gasteiger partial charge in [0.05, 0.1) is 16.6 Å². The first kappa shape index (κ1) is 20.8. The van der Waals surface area contributed by atoms with Crippen molar-refractivity contribution in [3.63, 3.8) is 0 Å². The second-order valence-electron chi connectivity index (χ2n) is 8.59. The first-order chi connectivity index (χ1) is 16.1. The number of aromatic nitrogens is 2. The van der Waals surface area contributed by atoms with Gasteiger partial charge in [0.25, 0.3) is 0 Å². The van der Waals surface area contributed by atoms with Crippen LogP contribution in [0.2, 0.25) is 0 Å². The lowest BCUT2D eigenvalue weighted by atomic mass is 9.97. The molecule has 2 N–H and O–H groups in total. The summed E-state index contributed by atoms with van der Waals surface area (Å²) in [7, 11) is 4.04. The molecule has 1 aliphatic heterocycles. The quantitative estimate of drug-likeness (QED) is 0.482. The van der Waals surface area contributed by atoms with Crippen molar-refractivity contribution >= 4 is 28.2 Å². The van der Waals surface area contributed by atoms with Crippen molar-refractivity contribution in [2.45, 2.75) is 12.8 Å². The molecule has 6 heteroatoms. The number of pyridine rings is 2. The van der Waals surface area contributed by atoms with Crippen molar-refractivity contribution in [2.24, 2.45) is 0 Å². The van der Waals surface area contributed by atoms with Crippen molar-refractivity contribution in [1.29, 1.82) is 5.26 Å². The number of fused-ring (bicyclic) bond motifs is 1. The first-order valence-electron chi connectivity index (χ1n) is 11.2. The molecule has 1 fully saturated rings. The maximum atomic E-state index is 10.2. The maximum absolute atomic E-state index is 10.2. The topological polar surface area (TPSA) is 82.1 Å². The Morgan fingerprint density at radius 3 is 2.27 bits per heavy atom. The minimum Gasteiger partial charge on any atom is -0.383 e. The molecule has 0 spiro atoms. The summed E-state index contributed by atoms with van der Waals surface area (Å²) in [6.07, 6.45) is 2.18. The Labute approximate surface area is 193 Å². The van der Waals surface area contributed by atoms with Crippen LogP contribution in [0.4, 0.5) is 17.3 Å². The molecule has 0 amide bonds. The Morgan fingerprint density at radius 1 is 0.939 bits per heavy atom. The van der Waals surface area contributed by atoms with Crippen LogP contribution in [0.25, 0.3) is 33.3 Å². The van der Waals surface area contributed by atoms with Gasteiger partial charge < -0.3 is 15.5 Å². The zero-order chi connectivity index (χ0) is 22.9. The van der Waals surface area contributed by atoms with Crippen molar-refractivity contribution in [1.82, 2.24) is 9.97 Å². The standard InChI is InChI=1S/C27H26N6/c1-32(2)20-12-10-18(11-13-20)21-16-23(19-8-4-3-5-9-19)30-25-22(17-28)27(31-26(29)24(21)25)33-14-6-7-15-33/h3-5,8-13,16H,6-7,14-15H2,1-2H3,(H2,29,31). The lowest BCUT2D eigenvalue weighted by molar-refractivity contribution is 0.938. The largest absolute Gasteiger partial charge is 0.383 e. The fourth-order valence-electron chi connectivity index (χ4n) is 4.50. The maximum Gasteiger partial charge on any atom is 0.151 e. The van der Waals surface area contributed by atoms with E-state index in [-0.39, 0.29) is 0 Å². The number of benzene rings is 2. The van der Waals surface area contributed by atoms with E-state index in [1.165, 1.54) is 0 Å². The van der Waals surface area contributed by atoms with E-state index in [0.717, 1.165) is 59.4 Å². The molecular formula is C27H26N6. The number of nitrogen functional groups attached to an aromatic ring is 1. The van der Waals surface area contributed by atoms with Gasteiger partial charge in [-0.3, -0.25) is 0 Å². The molecule has 0 bridgehead atoms. The van der Waals surface area contributed by atoms with Gasteiger partial charge in [0.15, 0.2) is 5.82 Å². The monoisotopic (exact) mass is 434 g/mol. The van der Waals surface area contributed by atoms with Gasteiger partial charge in [-0.25, -0.2) is 9.97 Å². The van der Waals surface area contributed by atoms with Gasteiger partial charge in [0.2, 0.25) is 0 Å². The molecular weight excluding hydrogens is 408 g/mol. The third kappa shape index (κ3) is 3.72. The molecule has 5 rings (SSSR count). The summed E-state index contributed by atoms with van der Waals surface area (Å²) in [5.74, 6) is 1.05. The van der Waals surface area contributed by atoms with Crippen LogP contribution in [0, 0.1) is 11.3 Å². The predicted molar refractivity (Wildman–Crippen MR) is 135 cm³/mol. The summed E-state index contributed by atoms with van der Waals surface area (Å²) in [6.45, 7) is 1.76. The van der Waals surface area contributed by atoms with Gasteiger partial charge in [-0.1, -0.05) is 42.5 Å². The highest BCUT2D eigenvalue weighted by molar-refractivity contribution is 6.06. The van der Waals surface area contributed by atoms with Gasteiger partial charge in [-0.05, 0) is 42.2 Å². The lowest BCUT2D eigenvalue weighted by Gasteiger charge is -2.21. The third-order valence-corrected chi connectivity index (χ3v) is 6.24. The molecule has 0 unspecified atom stereocenters. The fraction of sp³-hybridized carbons (Fsp3) is 0.222. The Morgan fingerprint density at radius 2 is 1.64 bits per heavy atom. The Hall–Kier alpha value is -4.11. The van der Waals surface area contributed by atoms with Crippen LogP contribution < -0.4 is 15.5 Å². The van der Waals surface area contributed by atoms with E-state index >= 15 is 0 Å². The summed E-state index contributed by atoms with van der Waals surface area (Å²) < 4.78 is 0. The van der Waals surface area contributed by atoms with Gasteiger partial charge in [0.1, 0.15) is 17.5 Å². The molecule has 1 aliphatic rings. The van der Waals surface area contributed by atoms with Crippen LogP contribution >= 0.6 is 0 Å². The van der Waals surface area contributed by atoms with E-state index in [9.17, 15) is 5.26 Å². The number of nitrogens with two attached hydrogens (primary N) is 1. The molecule has 3 heterocycles. The van der Waals surface area contributed by atoms with Crippen LogP contribution in [0.3, 0.4) is 0 Å². The Balaban J connectivity index is 1.82. The van der Waals surface area contributed by atoms with Gasteiger partial charge in [-0.2, -0.15) is 5.26 Å². The van der Waals surface area contributed by atoms with Crippen LogP contribution in [0.5, 0.6) is 0 Å². The summed E-state index contributed by atoms with van der Waals surface area (Å²) in [6, 6.07) is 22.8. The van der Waals surface area contributed by atoms with Crippen molar-refractivity contribution in [3.8, 4) is 28.5 Å². The third-order valence-electron chi connectivity index (χ3n) is 6.24. The first-order valence-corrected chi connectivity index (χ1v) is 11.2. The number of anilines is 3. The van der Waals surface area contributed by atoms with Crippen molar-refractivity contribution in [2.75, 3.05) is 42.7 Å². The van der Waals surface area contributed by atoms with Gasteiger partial charge >= 0.3 is 0 Å². The molecule has 0 atom stereocenters. The van der Waals surface area contributed by atoms with E-state index in [2.05, 4.69) is 46.2 Å². The predicted octanol–water partition coefficient (Wildman–Crippen LogP) is 5.08. The van der Waals surface area contributed by atoms with Gasteiger partial charge in [-0.15, -0.1) is 0 Å². The minimum absolute atomic E-state index is 0.407. The average Bonchev–Trinajstić information content (AvgIpc) is 3.39. The number of hydrogen-bond donors (Lipinski definition) is 1. The van der Waals surface area contributed by atoms with E-state index in [1.807, 2.05) is 44.4 Å². The van der Waals surface area contributed by atoms with Crippen molar-refractivity contribution < 1.29 is 0 Å². The number of nitriles is 1. The summed E-state index contributed by atoms with van der Waals surface area (Å²) in [5.41, 5.74) is 12.5. The zero-order valence-corrected chi connectivity index (χ0v) is 18.9. The second-order valence-corrected chi connectivity index (χ2v) is 8.59. The second kappa shape index (κ2) is 8.44. The van der Waals surface area contributed by atoms with E-state index < -0.39 is 0 Å². The zero-order valence-electron chi connectivity index (χ0n) is 18.9. The Kier molecular flexibility index (Phi) is 5.31. The minimum atomic E-state index is 0.407. The summed E-state index contributed by atoms with van der Waals surface area (Å²) in [5, 5.41) is 10.9. The molecule has 2 aromatic carbocycles. The number of rotatable bonds is 4. The highest BCUT2D eigenvalue weighted by atomic mass is 15.2.